The van der Waals surface area contributed by atoms with Crippen LogP contribution >= 0.6 is 59.1 Å². The molecule has 2 aromatic rings. The molecule has 19 heavy (non-hydrogen) atoms. The molecule has 0 saturated carbocycles. The third kappa shape index (κ3) is 3.68. The fourth-order valence-corrected chi connectivity index (χ4v) is 5.10. The van der Waals surface area contributed by atoms with E-state index in [1.807, 2.05) is 30.3 Å². The molecule has 1 aromatic carbocycles. The first-order valence-corrected chi connectivity index (χ1v) is 8.80. The lowest BCUT2D eigenvalue weighted by Crippen LogP contribution is -2.20. The molecular formula is C13H12Br3NOS. The van der Waals surface area contributed by atoms with Gasteiger partial charge in [0, 0.05) is 22.5 Å². The number of hydrogen-bond acceptors (Lipinski definition) is 3. The van der Waals surface area contributed by atoms with E-state index in [2.05, 4.69) is 47.8 Å². The Labute approximate surface area is 141 Å². The van der Waals surface area contributed by atoms with Gasteiger partial charge in [-0.25, -0.2) is 0 Å². The van der Waals surface area contributed by atoms with E-state index in [0.29, 0.717) is 6.54 Å². The van der Waals surface area contributed by atoms with Crippen molar-refractivity contribution < 1.29 is 5.11 Å². The van der Waals surface area contributed by atoms with Crippen LogP contribution in [0, 0.1) is 0 Å². The number of hydrogen-bond donors (Lipinski definition) is 2. The molecule has 2 rings (SSSR count). The fourth-order valence-electron chi connectivity index (χ4n) is 1.93. The standard InChI is InChI=1S/C13H12Br3NOS/c14-8-3-1-7(2-4-8)10(6-17)12(18)9-5-11(15)19-13(9)16/h1-5,10,12,18H,6,17H2. The molecule has 0 fully saturated rings. The molecule has 0 radical (unpaired) electrons. The maximum absolute atomic E-state index is 10.6. The van der Waals surface area contributed by atoms with Gasteiger partial charge in [0.2, 0.25) is 0 Å². The monoisotopic (exact) mass is 467 g/mol. The Morgan fingerprint density at radius 1 is 1.16 bits per heavy atom. The summed E-state index contributed by atoms with van der Waals surface area (Å²) in [6.45, 7) is 0.392. The van der Waals surface area contributed by atoms with E-state index in [9.17, 15) is 5.11 Å². The van der Waals surface area contributed by atoms with E-state index in [1.54, 1.807) is 11.3 Å². The molecule has 2 atom stereocenters. The van der Waals surface area contributed by atoms with Gasteiger partial charge < -0.3 is 10.8 Å². The molecule has 2 nitrogen and oxygen atoms in total. The van der Waals surface area contributed by atoms with Gasteiger partial charge in [0.05, 0.1) is 13.7 Å². The number of benzene rings is 1. The van der Waals surface area contributed by atoms with Crippen molar-refractivity contribution in [1.82, 2.24) is 0 Å². The predicted octanol–water partition coefficient (Wildman–Crippen LogP) is 4.81. The van der Waals surface area contributed by atoms with Gasteiger partial charge in [-0.3, -0.25) is 0 Å². The van der Waals surface area contributed by atoms with Gasteiger partial charge in [0.25, 0.3) is 0 Å². The summed E-state index contributed by atoms with van der Waals surface area (Å²) >= 11 is 11.9. The van der Waals surface area contributed by atoms with Crippen molar-refractivity contribution in [2.45, 2.75) is 12.0 Å². The second-order valence-electron chi connectivity index (χ2n) is 4.12. The molecule has 0 saturated heterocycles. The molecule has 1 heterocycles. The van der Waals surface area contributed by atoms with Crippen LogP contribution in [-0.2, 0) is 0 Å². The van der Waals surface area contributed by atoms with Crippen LogP contribution in [0.4, 0.5) is 0 Å². The molecule has 6 heteroatoms. The fraction of sp³-hybridized carbons (Fsp3) is 0.231. The van der Waals surface area contributed by atoms with Crippen LogP contribution in [0.25, 0.3) is 0 Å². The number of rotatable bonds is 4. The maximum atomic E-state index is 10.6. The minimum absolute atomic E-state index is 0.120. The van der Waals surface area contributed by atoms with Crippen LogP contribution in [0.15, 0.2) is 42.4 Å². The number of aliphatic hydroxyl groups is 1. The lowest BCUT2D eigenvalue weighted by Gasteiger charge is -2.22. The third-order valence-electron chi connectivity index (χ3n) is 2.93. The van der Waals surface area contributed by atoms with E-state index in [-0.39, 0.29) is 5.92 Å². The minimum Gasteiger partial charge on any atom is -0.388 e. The average molecular weight is 470 g/mol. The molecule has 3 N–H and O–H groups in total. The van der Waals surface area contributed by atoms with Crippen LogP contribution in [0.1, 0.15) is 23.1 Å². The van der Waals surface area contributed by atoms with Gasteiger partial charge in [0.1, 0.15) is 0 Å². The van der Waals surface area contributed by atoms with Gasteiger partial charge in [-0.05, 0) is 55.6 Å². The normalized spacial score (nSPS) is 14.4. The number of nitrogens with two attached hydrogens (primary N) is 1. The molecule has 1 aromatic heterocycles. The van der Waals surface area contributed by atoms with Gasteiger partial charge in [0.15, 0.2) is 0 Å². The van der Waals surface area contributed by atoms with Crippen LogP contribution < -0.4 is 5.73 Å². The molecule has 0 spiro atoms. The Balaban J connectivity index is 2.31. The van der Waals surface area contributed by atoms with Crippen LogP contribution in [0.2, 0.25) is 0 Å². The molecular weight excluding hydrogens is 458 g/mol. The Morgan fingerprint density at radius 2 is 1.79 bits per heavy atom. The van der Waals surface area contributed by atoms with Crippen LogP contribution in [0.3, 0.4) is 0 Å². The smallest absolute Gasteiger partial charge is 0.0890 e. The molecule has 0 amide bonds. The Bertz CT molecular complexity index is 556. The van der Waals surface area contributed by atoms with E-state index in [4.69, 9.17) is 5.73 Å². The summed E-state index contributed by atoms with van der Waals surface area (Å²) in [5, 5.41) is 10.6. The third-order valence-corrected chi connectivity index (χ3v) is 5.85. The first-order chi connectivity index (χ1) is 9.02. The zero-order chi connectivity index (χ0) is 14.0. The highest BCUT2D eigenvalue weighted by molar-refractivity contribution is 9.12. The number of thiophene rings is 1. The van der Waals surface area contributed by atoms with E-state index >= 15 is 0 Å². The van der Waals surface area contributed by atoms with Crippen molar-refractivity contribution in [3.05, 3.63) is 53.5 Å². The van der Waals surface area contributed by atoms with Crippen molar-refractivity contribution >= 4 is 59.1 Å². The quantitative estimate of drug-likeness (QED) is 0.674. The van der Waals surface area contributed by atoms with Crippen LogP contribution in [-0.4, -0.2) is 11.7 Å². The van der Waals surface area contributed by atoms with Crippen molar-refractivity contribution in [2.24, 2.45) is 5.73 Å². The van der Waals surface area contributed by atoms with E-state index < -0.39 is 6.10 Å². The SMILES string of the molecule is NCC(c1ccc(Br)cc1)C(O)c1cc(Br)sc1Br. The Hall–Kier alpha value is 0.280. The largest absolute Gasteiger partial charge is 0.388 e. The highest BCUT2D eigenvalue weighted by Crippen LogP contribution is 2.40. The Kier molecular flexibility index (Phi) is 5.63. The molecule has 0 aliphatic rings. The van der Waals surface area contributed by atoms with Crippen molar-refractivity contribution in [1.29, 1.82) is 0 Å². The summed E-state index contributed by atoms with van der Waals surface area (Å²) in [5.41, 5.74) is 7.75. The lowest BCUT2D eigenvalue weighted by molar-refractivity contribution is 0.147. The highest BCUT2D eigenvalue weighted by Gasteiger charge is 2.24. The first-order valence-electron chi connectivity index (χ1n) is 5.61. The first kappa shape index (κ1) is 15.7. The molecule has 0 bridgehead atoms. The van der Waals surface area contributed by atoms with Gasteiger partial charge in [-0.1, -0.05) is 28.1 Å². The lowest BCUT2D eigenvalue weighted by atomic mass is 9.90. The summed E-state index contributed by atoms with van der Waals surface area (Å²) in [4.78, 5) is 0. The number of aliphatic hydroxyl groups excluding tert-OH is 1. The zero-order valence-electron chi connectivity index (χ0n) is 9.82. The molecule has 2 unspecified atom stereocenters. The summed E-state index contributed by atoms with van der Waals surface area (Å²) in [6.07, 6.45) is -0.622. The van der Waals surface area contributed by atoms with Gasteiger partial charge in [-0.2, -0.15) is 0 Å². The summed E-state index contributed by atoms with van der Waals surface area (Å²) < 4.78 is 2.93. The topological polar surface area (TPSA) is 46.2 Å². The van der Waals surface area contributed by atoms with Crippen molar-refractivity contribution in [2.75, 3.05) is 6.54 Å². The average Bonchev–Trinajstić information content (AvgIpc) is 2.71. The van der Waals surface area contributed by atoms with Gasteiger partial charge >= 0.3 is 0 Å². The molecule has 0 aliphatic carbocycles. The van der Waals surface area contributed by atoms with Crippen molar-refractivity contribution in [3.63, 3.8) is 0 Å². The zero-order valence-corrected chi connectivity index (χ0v) is 15.4. The van der Waals surface area contributed by atoms with E-state index in [0.717, 1.165) is 23.2 Å². The van der Waals surface area contributed by atoms with Crippen molar-refractivity contribution in [3.8, 4) is 0 Å². The Morgan fingerprint density at radius 3 is 2.26 bits per heavy atom. The summed E-state index contributed by atoms with van der Waals surface area (Å²) in [6, 6.07) is 9.83. The minimum atomic E-state index is -0.622. The van der Waals surface area contributed by atoms with E-state index in [1.165, 1.54) is 0 Å². The second-order valence-corrected chi connectivity index (χ2v) is 8.78. The summed E-state index contributed by atoms with van der Waals surface area (Å²) in [5.74, 6) is -0.120. The van der Waals surface area contributed by atoms with Gasteiger partial charge in [-0.15, -0.1) is 11.3 Å². The maximum Gasteiger partial charge on any atom is 0.0890 e. The highest BCUT2D eigenvalue weighted by atomic mass is 79.9. The number of halogens is 3. The predicted molar refractivity (Wildman–Crippen MR) is 90.6 cm³/mol. The second kappa shape index (κ2) is 6.83. The molecule has 0 aliphatic heterocycles. The molecule has 102 valence electrons. The van der Waals surface area contributed by atoms with Crippen LogP contribution in [0.5, 0.6) is 0 Å². The summed E-state index contributed by atoms with van der Waals surface area (Å²) in [7, 11) is 0.